The van der Waals surface area contributed by atoms with Crippen molar-refractivity contribution in [3.63, 3.8) is 0 Å². The highest BCUT2D eigenvalue weighted by atomic mass is 79.9. The van der Waals surface area contributed by atoms with Gasteiger partial charge in [0.15, 0.2) is 11.5 Å². The van der Waals surface area contributed by atoms with Crippen molar-refractivity contribution in [3.8, 4) is 0 Å². The Morgan fingerprint density at radius 1 is 1.36 bits per heavy atom. The lowest BCUT2D eigenvalue weighted by Crippen LogP contribution is -2.09. The fourth-order valence-corrected chi connectivity index (χ4v) is 4.10. The van der Waals surface area contributed by atoms with Gasteiger partial charge in [0.05, 0.1) is 17.5 Å². The van der Waals surface area contributed by atoms with E-state index >= 15 is 0 Å². The maximum Gasteiger partial charge on any atom is 0.198 e. The second-order valence-corrected chi connectivity index (χ2v) is 8.39. The molecular formula is C15H13Br2NO3S. The minimum atomic E-state index is -1.05. The number of carbonyl (C=O) groups excluding carboxylic acids is 1. The van der Waals surface area contributed by atoms with Crippen molar-refractivity contribution in [2.24, 2.45) is 0 Å². The normalized spacial score (nSPS) is 15.8. The summed E-state index contributed by atoms with van der Waals surface area (Å²) in [5.41, 5.74) is 1.79. The molecule has 0 radical (unpaired) electrons. The Morgan fingerprint density at radius 2 is 2.09 bits per heavy atom. The van der Waals surface area contributed by atoms with Crippen molar-refractivity contribution in [1.29, 1.82) is 0 Å². The maximum absolute atomic E-state index is 12.9. The predicted molar refractivity (Wildman–Crippen MR) is 91.5 cm³/mol. The molecule has 4 nitrogen and oxygen atoms in total. The Morgan fingerprint density at radius 3 is 2.73 bits per heavy atom. The van der Waals surface area contributed by atoms with Crippen LogP contribution in [0.1, 0.15) is 46.0 Å². The molecule has 0 amide bonds. The Hall–Kier alpha value is -0.790. The minimum Gasteiger partial charge on any atom is -0.360 e. The third-order valence-electron chi connectivity index (χ3n) is 3.58. The number of rotatable bonds is 5. The molecule has 0 saturated heterocycles. The fourth-order valence-electron chi connectivity index (χ4n) is 2.35. The highest BCUT2D eigenvalue weighted by Gasteiger charge is 2.33. The standard InChI is InChI=1S/C15H13Br2NO3S/c1-22(20)7-11-9(4-5-12(16)13(11)17)14(19)10-6-18-21-15(10)8-2-3-8/h4-6,8H,2-3,7H2,1H3. The molecule has 1 aromatic heterocycles. The number of hydrogen-bond acceptors (Lipinski definition) is 4. The summed E-state index contributed by atoms with van der Waals surface area (Å²) in [6.45, 7) is 0. The molecule has 1 aliphatic rings. The van der Waals surface area contributed by atoms with Gasteiger partial charge >= 0.3 is 0 Å². The average Bonchev–Trinajstić information content (AvgIpc) is 3.20. The molecule has 1 saturated carbocycles. The highest BCUT2D eigenvalue weighted by Crippen LogP contribution is 2.42. The van der Waals surface area contributed by atoms with Crippen LogP contribution in [0.4, 0.5) is 0 Å². The van der Waals surface area contributed by atoms with Crippen molar-refractivity contribution < 1.29 is 13.5 Å². The lowest BCUT2D eigenvalue weighted by Gasteiger charge is -2.11. The number of benzene rings is 1. The van der Waals surface area contributed by atoms with E-state index in [1.54, 1.807) is 12.3 Å². The molecule has 1 unspecified atom stereocenters. The number of carbonyl (C=O) groups is 1. The van der Waals surface area contributed by atoms with Gasteiger partial charge in [-0.25, -0.2) is 0 Å². The number of nitrogens with zero attached hydrogens (tertiary/aromatic N) is 1. The molecule has 0 spiro atoms. The maximum atomic E-state index is 12.9. The third-order valence-corrected chi connectivity index (χ3v) is 6.37. The second kappa shape index (κ2) is 6.37. The topological polar surface area (TPSA) is 60.2 Å². The van der Waals surface area contributed by atoms with E-state index in [2.05, 4.69) is 37.0 Å². The van der Waals surface area contributed by atoms with Crippen LogP contribution in [0.3, 0.4) is 0 Å². The number of hydrogen-bond donors (Lipinski definition) is 0. The molecule has 1 heterocycles. The van der Waals surface area contributed by atoms with Gasteiger partial charge in [-0.1, -0.05) is 5.16 Å². The molecule has 1 aromatic carbocycles. The van der Waals surface area contributed by atoms with E-state index in [-0.39, 0.29) is 5.78 Å². The first-order valence-electron chi connectivity index (χ1n) is 6.75. The monoisotopic (exact) mass is 445 g/mol. The zero-order chi connectivity index (χ0) is 15.9. The summed E-state index contributed by atoms with van der Waals surface area (Å²) in [5, 5.41) is 3.78. The molecule has 7 heteroatoms. The van der Waals surface area contributed by atoms with E-state index in [0.29, 0.717) is 28.6 Å². The van der Waals surface area contributed by atoms with Gasteiger partial charge in [0.25, 0.3) is 0 Å². The zero-order valence-electron chi connectivity index (χ0n) is 11.8. The van der Waals surface area contributed by atoms with Crippen LogP contribution in [0.2, 0.25) is 0 Å². The fraction of sp³-hybridized carbons (Fsp3) is 0.333. The van der Waals surface area contributed by atoms with Gasteiger partial charge in [-0.2, -0.15) is 0 Å². The summed E-state index contributed by atoms with van der Waals surface area (Å²) < 4.78 is 18.5. The van der Waals surface area contributed by atoms with Crippen LogP contribution >= 0.6 is 31.9 Å². The Kier molecular flexibility index (Phi) is 4.66. The number of halogens is 2. The van der Waals surface area contributed by atoms with Gasteiger partial charge in [0.1, 0.15) is 0 Å². The van der Waals surface area contributed by atoms with E-state index in [4.69, 9.17) is 4.52 Å². The molecule has 0 aliphatic heterocycles. The van der Waals surface area contributed by atoms with E-state index < -0.39 is 10.8 Å². The van der Waals surface area contributed by atoms with Crippen LogP contribution in [-0.2, 0) is 16.6 Å². The minimum absolute atomic E-state index is 0.128. The average molecular weight is 447 g/mol. The van der Waals surface area contributed by atoms with Crippen LogP contribution in [-0.4, -0.2) is 21.4 Å². The molecule has 0 bridgehead atoms. The summed E-state index contributed by atoms with van der Waals surface area (Å²) in [7, 11) is -1.05. The summed E-state index contributed by atoms with van der Waals surface area (Å²) in [4.78, 5) is 12.9. The molecule has 116 valence electrons. The molecular weight excluding hydrogens is 434 g/mol. The van der Waals surface area contributed by atoms with Gasteiger partial charge in [-0.3, -0.25) is 9.00 Å². The Labute approximate surface area is 147 Å². The Bertz CT molecular complexity index is 768. The van der Waals surface area contributed by atoms with Gasteiger partial charge in [0, 0.05) is 37.5 Å². The number of ketones is 1. The van der Waals surface area contributed by atoms with Crippen molar-refractivity contribution in [3.05, 3.63) is 49.7 Å². The van der Waals surface area contributed by atoms with Crippen molar-refractivity contribution in [2.45, 2.75) is 24.5 Å². The third kappa shape index (κ3) is 3.12. The van der Waals surface area contributed by atoms with Crippen LogP contribution in [0.5, 0.6) is 0 Å². The zero-order valence-corrected chi connectivity index (χ0v) is 15.8. The molecule has 22 heavy (non-hydrogen) atoms. The first-order valence-corrected chi connectivity index (χ1v) is 10.1. The summed E-state index contributed by atoms with van der Waals surface area (Å²) in [6.07, 6.45) is 5.17. The van der Waals surface area contributed by atoms with Gasteiger partial charge < -0.3 is 4.52 Å². The van der Waals surface area contributed by atoms with Crippen LogP contribution in [0.25, 0.3) is 0 Å². The largest absolute Gasteiger partial charge is 0.360 e. The van der Waals surface area contributed by atoms with Crippen molar-refractivity contribution in [2.75, 3.05) is 6.26 Å². The molecule has 1 atom stereocenters. The van der Waals surface area contributed by atoms with Gasteiger partial charge in [0.2, 0.25) is 0 Å². The predicted octanol–water partition coefficient (Wildman–Crippen LogP) is 4.19. The molecule has 0 N–H and O–H groups in total. The summed E-state index contributed by atoms with van der Waals surface area (Å²) in [5.74, 6) is 1.17. The quantitative estimate of drug-likeness (QED) is 0.646. The Balaban J connectivity index is 2.06. The van der Waals surface area contributed by atoms with Gasteiger partial charge in [-0.15, -0.1) is 0 Å². The summed E-state index contributed by atoms with van der Waals surface area (Å²) >= 11 is 6.91. The van der Waals surface area contributed by atoms with E-state index in [0.717, 1.165) is 27.4 Å². The molecule has 2 aromatic rings. The van der Waals surface area contributed by atoms with Crippen LogP contribution < -0.4 is 0 Å². The summed E-state index contributed by atoms with van der Waals surface area (Å²) in [6, 6.07) is 3.56. The SMILES string of the molecule is CS(=O)Cc1c(C(=O)c2cnoc2C2CC2)ccc(Br)c1Br. The van der Waals surface area contributed by atoms with Crippen LogP contribution in [0.15, 0.2) is 31.8 Å². The van der Waals surface area contributed by atoms with Crippen molar-refractivity contribution in [1.82, 2.24) is 5.16 Å². The lowest BCUT2D eigenvalue weighted by molar-refractivity contribution is 0.103. The van der Waals surface area contributed by atoms with E-state index in [9.17, 15) is 9.00 Å². The first-order chi connectivity index (χ1) is 10.5. The first kappa shape index (κ1) is 16.1. The van der Waals surface area contributed by atoms with E-state index in [1.807, 2.05) is 6.07 Å². The highest BCUT2D eigenvalue weighted by molar-refractivity contribution is 9.13. The van der Waals surface area contributed by atoms with Gasteiger partial charge in [-0.05, 0) is 62.4 Å². The smallest absolute Gasteiger partial charge is 0.198 e. The molecule has 3 rings (SSSR count). The molecule has 1 aliphatic carbocycles. The lowest BCUT2D eigenvalue weighted by atomic mass is 9.98. The second-order valence-electron chi connectivity index (χ2n) is 5.31. The number of aromatic nitrogens is 1. The molecule has 1 fully saturated rings. The van der Waals surface area contributed by atoms with Crippen LogP contribution in [0, 0.1) is 0 Å². The van der Waals surface area contributed by atoms with Crippen molar-refractivity contribution >= 4 is 48.4 Å². The van der Waals surface area contributed by atoms with E-state index in [1.165, 1.54) is 6.20 Å².